The smallest absolute Gasteiger partial charge is 0.225 e. The number of hydrogen-bond donors (Lipinski definition) is 1. The van der Waals surface area contributed by atoms with Gasteiger partial charge in [0.1, 0.15) is 0 Å². The van der Waals surface area contributed by atoms with Crippen molar-refractivity contribution in [3.63, 3.8) is 0 Å². The number of rotatable bonds is 4. The van der Waals surface area contributed by atoms with Gasteiger partial charge in [-0.05, 0) is 31.7 Å². The van der Waals surface area contributed by atoms with Gasteiger partial charge in [-0.2, -0.15) is 0 Å². The van der Waals surface area contributed by atoms with E-state index in [-0.39, 0.29) is 0 Å². The molecule has 1 aliphatic heterocycles. The van der Waals surface area contributed by atoms with Crippen molar-refractivity contribution in [1.82, 2.24) is 15.3 Å². The van der Waals surface area contributed by atoms with Crippen molar-refractivity contribution in [3.8, 4) is 0 Å². The molecule has 1 aromatic heterocycles. The second-order valence-electron chi connectivity index (χ2n) is 5.91. The molecule has 2 rings (SSSR count). The molecule has 4 nitrogen and oxygen atoms in total. The van der Waals surface area contributed by atoms with Gasteiger partial charge in [0.05, 0.1) is 0 Å². The van der Waals surface area contributed by atoms with Crippen molar-refractivity contribution >= 4 is 5.95 Å². The van der Waals surface area contributed by atoms with E-state index in [9.17, 15) is 0 Å². The number of hydrogen-bond acceptors (Lipinski definition) is 4. The van der Waals surface area contributed by atoms with Crippen LogP contribution in [0.15, 0.2) is 6.20 Å². The van der Waals surface area contributed by atoms with E-state index < -0.39 is 0 Å². The molecule has 0 aromatic carbocycles. The van der Waals surface area contributed by atoms with Gasteiger partial charge in [0, 0.05) is 37.1 Å². The number of aryl methyl sites for hydroxylation is 1. The molecule has 19 heavy (non-hydrogen) atoms. The standard InChI is InChI=1S/C15H26N4/c1-5-16-7-14-8-17-15(18-13(14)4)19-9-11(2)6-12(3)10-19/h8,11-12,16H,5-7,9-10H2,1-4H3. The molecule has 0 radical (unpaired) electrons. The first-order valence-electron chi connectivity index (χ1n) is 7.38. The molecule has 2 heterocycles. The first-order valence-corrected chi connectivity index (χ1v) is 7.38. The number of piperidine rings is 1. The maximum Gasteiger partial charge on any atom is 0.225 e. The maximum absolute atomic E-state index is 4.69. The van der Waals surface area contributed by atoms with Crippen LogP contribution in [0.2, 0.25) is 0 Å². The Morgan fingerprint density at radius 3 is 2.58 bits per heavy atom. The van der Waals surface area contributed by atoms with Crippen LogP contribution in [0, 0.1) is 18.8 Å². The molecular formula is C15H26N4. The van der Waals surface area contributed by atoms with Crippen LogP contribution in [0.1, 0.15) is 38.4 Å². The molecule has 106 valence electrons. The van der Waals surface area contributed by atoms with Gasteiger partial charge in [0.15, 0.2) is 0 Å². The summed E-state index contributed by atoms with van der Waals surface area (Å²) in [4.78, 5) is 11.6. The molecule has 0 bridgehead atoms. The summed E-state index contributed by atoms with van der Waals surface area (Å²) in [6.07, 6.45) is 3.29. The summed E-state index contributed by atoms with van der Waals surface area (Å²) in [5.41, 5.74) is 2.29. The number of nitrogens with one attached hydrogen (secondary N) is 1. The summed E-state index contributed by atoms with van der Waals surface area (Å²) in [6, 6.07) is 0. The normalized spacial score (nSPS) is 23.7. The Bertz CT molecular complexity index is 409. The lowest BCUT2D eigenvalue weighted by Crippen LogP contribution is -2.39. The highest BCUT2D eigenvalue weighted by molar-refractivity contribution is 5.33. The summed E-state index contributed by atoms with van der Waals surface area (Å²) < 4.78 is 0. The molecule has 0 amide bonds. The second kappa shape index (κ2) is 6.33. The van der Waals surface area contributed by atoms with Crippen LogP contribution in [0.4, 0.5) is 5.95 Å². The molecule has 2 atom stereocenters. The van der Waals surface area contributed by atoms with Crippen molar-refractivity contribution in [2.45, 2.75) is 40.7 Å². The quantitative estimate of drug-likeness (QED) is 0.904. The Labute approximate surface area is 116 Å². The maximum atomic E-state index is 4.69. The van der Waals surface area contributed by atoms with Crippen molar-refractivity contribution in [3.05, 3.63) is 17.5 Å². The molecule has 0 saturated carbocycles. The van der Waals surface area contributed by atoms with E-state index in [4.69, 9.17) is 4.98 Å². The SMILES string of the molecule is CCNCc1cnc(N2CC(C)CC(C)C2)nc1C. The molecule has 0 aliphatic carbocycles. The van der Waals surface area contributed by atoms with Gasteiger partial charge in [-0.25, -0.2) is 9.97 Å². The fraction of sp³-hybridized carbons (Fsp3) is 0.733. The van der Waals surface area contributed by atoms with Crippen LogP contribution in [-0.4, -0.2) is 29.6 Å². The van der Waals surface area contributed by atoms with Crippen LogP contribution in [0.3, 0.4) is 0 Å². The molecule has 0 spiro atoms. The van der Waals surface area contributed by atoms with Gasteiger partial charge in [0.25, 0.3) is 0 Å². The minimum absolute atomic E-state index is 0.731. The monoisotopic (exact) mass is 262 g/mol. The van der Waals surface area contributed by atoms with Gasteiger partial charge in [0.2, 0.25) is 5.95 Å². The molecule has 1 fully saturated rings. The van der Waals surface area contributed by atoms with Crippen molar-refractivity contribution in [1.29, 1.82) is 0 Å². The van der Waals surface area contributed by atoms with E-state index in [1.54, 1.807) is 0 Å². The Morgan fingerprint density at radius 2 is 2.00 bits per heavy atom. The molecule has 1 aromatic rings. The van der Waals surface area contributed by atoms with E-state index in [0.717, 1.165) is 49.7 Å². The summed E-state index contributed by atoms with van der Waals surface area (Å²) in [7, 11) is 0. The van der Waals surface area contributed by atoms with Crippen LogP contribution in [0.5, 0.6) is 0 Å². The van der Waals surface area contributed by atoms with Crippen LogP contribution >= 0.6 is 0 Å². The van der Waals surface area contributed by atoms with Gasteiger partial charge in [-0.15, -0.1) is 0 Å². The lowest BCUT2D eigenvalue weighted by Gasteiger charge is -2.35. The summed E-state index contributed by atoms with van der Waals surface area (Å²) >= 11 is 0. The fourth-order valence-electron chi connectivity index (χ4n) is 2.89. The third-order valence-electron chi connectivity index (χ3n) is 3.79. The highest BCUT2D eigenvalue weighted by atomic mass is 15.3. The third kappa shape index (κ3) is 3.66. The minimum atomic E-state index is 0.731. The summed E-state index contributed by atoms with van der Waals surface area (Å²) in [6.45, 7) is 12.8. The highest BCUT2D eigenvalue weighted by Gasteiger charge is 2.23. The largest absolute Gasteiger partial charge is 0.340 e. The summed E-state index contributed by atoms with van der Waals surface area (Å²) in [5.74, 6) is 2.36. The Hall–Kier alpha value is -1.16. The fourth-order valence-corrected chi connectivity index (χ4v) is 2.89. The van der Waals surface area contributed by atoms with E-state index in [0.29, 0.717) is 0 Å². The second-order valence-corrected chi connectivity index (χ2v) is 5.91. The number of anilines is 1. The molecule has 4 heteroatoms. The van der Waals surface area contributed by atoms with Crippen LogP contribution in [0.25, 0.3) is 0 Å². The van der Waals surface area contributed by atoms with Gasteiger partial charge in [-0.1, -0.05) is 20.8 Å². The van der Waals surface area contributed by atoms with Gasteiger partial charge < -0.3 is 10.2 Å². The molecule has 1 aliphatic rings. The Morgan fingerprint density at radius 1 is 1.32 bits per heavy atom. The third-order valence-corrected chi connectivity index (χ3v) is 3.79. The molecule has 2 unspecified atom stereocenters. The average Bonchev–Trinajstić information content (AvgIpc) is 2.36. The van der Waals surface area contributed by atoms with Crippen molar-refractivity contribution in [2.24, 2.45) is 11.8 Å². The van der Waals surface area contributed by atoms with Crippen molar-refractivity contribution < 1.29 is 0 Å². The predicted octanol–water partition coefficient (Wildman–Crippen LogP) is 2.38. The van der Waals surface area contributed by atoms with E-state index in [1.807, 2.05) is 6.20 Å². The minimum Gasteiger partial charge on any atom is -0.340 e. The number of aromatic nitrogens is 2. The Kier molecular flexibility index (Phi) is 4.75. The zero-order valence-corrected chi connectivity index (χ0v) is 12.6. The summed E-state index contributed by atoms with van der Waals surface area (Å²) in [5, 5.41) is 3.32. The first kappa shape index (κ1) is 14.3. The lowest BCUT2D eigenvalue weighted by atomic mass is 9.92. The molecule has 1 N–H and O–H groups in total. The van der Waals surface area contributed by atoms with Crippen LogP contribution in [-0.2, 0) is 6.54 Å². The van der Waals surface area contributed by atoms with E-state index in [2.05, 4.69) is 42.9 Å². The van der Waals surface area contributed by atoms with Gasteiger partial charge >= 0.3 is 0 Å². The highest BCUT2D eigenvalue weighted by Crippen LogP contribution is 2.24. The first-order chi connectivity index (χ1) is 9.10. The molecule has 1 saturated heterocycles. The van der Waals surface area contributed by atoms with Crippen LogP contribution < -0.4 is 10.2 Å². The van der Waals surface area contributed by atoms with E-state index in [1.165, 1.54) is 12.0 Å². The zero-order chi connectivity index (χ0) is 13.8. The Balaban J connectivity index is 2.10. The topological polar surface area (TPSA) is 41.1 Å². The average molecular weight is 262 g/mol. The van der Waals surface area contributed by atoms with Gasteiger partial charge in [-0.3, -0.25) is 0 Å². The predicted molar refractivity (Wildman–Crippen MR) is 79.3 cm³/mol. The lowest BCUT2D eigenvalue weighted by molar-refractivity contribution is 0.353. The van der Waals surface area contributed by atoms with Crippen molar-refractivity contribution in [2.75, 3.05) is 24.5 Å². The number of nitrogens with zero attached hydrogens (tertiary/aromatic N) is 3. The van der Waals surface area contributed by atoms with E-state index >= 15 is 0 Å². The molecular weight excluding hydrogens is 236 g/mol. The zero-order valence-electron chi connectivity index (χ0n) is 12.6.